The van der Waals surface area contributed by atoms with Gasteiger partial charge in [0, 0.05) is 24.7 Å². The number of aromatic amines is 1. The number of hydrogen-bond donors (Lipinski definition) is 1. The quantitative estimate of drug-likeness (QED) is 0.381. The Morgan fingerprint density at radius 3 is 2.26 bits per heavy atom. The van der Waals surface area contributed by atoms with Crippen LogP contribution in [-0.4, -0.2) is 31.4 Å². The number of aromatic nitrogens is 1. The molecule has 0 aliphatic carbocycles. The van der Waals surface area contributed by atoms with Crippen LogP contribution < -0.4 is 10.3 Å². The van der Waals surface area contributed by atoms with E-state index in [1.807, 2.05) is 75.4 Å². The molecule has 7 heteroatoms. The van der Waals surface area contributed by atoms with Crippen molar-refractivity contribution in [3.63, 3.8) is 0 Å². The summed E-state index contributed by atoms with van der Waals surface area (Å²) in [5.74, 6) is 0.637. The molecule has 0 spiro atoms. The number of sulfonamides is 1. The van der Waals surface area contributed by atoms with Gasteiger partial charge in [0.25, 0.3) is 5.56 Å². The second-order valence-corrected chi connectivity index (χ2v) is 10.8. The first-order valence-electron chi connectivity index (χ1n) is 11.5. The lowest BCUT2D eigenvalue weighted by Crippen LogP contribution is -2.35. The van der Waals surface area contributed by atoms with Crippen LogP contribution in [0.2, 0.25) is 0 Å². The van der Waals surface area contributed by atoms with E-state index < -0.39 is 10.0 Å². The van der Waals surface area contributed by atoms with Crippen molar-refractivity contribution in [2.45, 2.75) is 38.6 Å². The fourth-order valence-corrected chi connectivity index (χ4v) is 6.38. The van der Waals surface area contributed by atoms with E-state index in [1.165, 1.54) is 4.31 Å². The van der Waals surface area contributed by atoms with Gasteiger partial charge < -0.3 is 9.72 Å². The highest BCUT2D eigenvalue weighted by Crippen LogP contribution is 2.27. The molecule has 0 bridgehead atoms. The average molecular weight is 491 g/mol. The number of nitrogens with zero attached hydrogens (tertiary/aromatic N) is 1. The van der Waals surface area contributed by atoms with Gasteiger partial charge in [-0.1, -0.05) is 48.0 Å². The van der Waals surface area contributed by atoms with Crippen LogP contribution in [0, 0.1) is 20.8 Å². The fourth-order valence-electron chi connectivity index (χ4n) is 4.55. The number of methoxy groups -OCH3 is 1. The Labute approximate surface area is 206 Å². The summed E-state index contributed by atoms with van der Waals surface area (Å²) in [6.07, 6.45) is 0.534. The second-order valence-electron chi connectivity index (χ2n) is 8.88. The number of benzene rings is 3. The van der Waals surface area contributed by atoms with Gasteiger partial charge in [-0.15, -0.1) is 0 Å². The van der Waals surface area contributed by atoms with E-state index in [-0.39, 0.29) is 18.6 Å². The maximum absolute atomic E-state index is 14.0. The van der Waals surface area contributed by atoms with E-state index >= 15 is 0 Å². The zero-order valence-corrected chi connectivity index (χ0v) is 21.3. The van der Waals surface area contributed by atoms with Crippen LogP contribution in [0.4, 0.5) is 0 Å². The van der Waals surface area contributed by atoms with Gasteiger partial charge >= 0.3 is 0 Å². The van der Waals surface area contributed by atoms with Crippen molar-refractivity contribution in [1.29, 1.82) is 0 Å². The molecule has 35 heavy (non-hydrogen) atoms. The van der Waals surface area contributed by atoms with Crippen LogP contribution in [0.25, 0.3) is 10.9 Å². The van der Waals surface area contributed by atoms with E-state index in [9.17, 15) is 13.2 Å². The fraction of sp³-hybridized carbons (Fsp3) is 0.250. The number of fused-ring (bicyclic) bond motifs is 1. The molecule has 0 fully saturated rings. The molecule has 3 aromatic carbocycles. The predicted molar refractivity (Wildman–Crippen MR) is 140 cm³/mol. The summed E-state index contributed by atoms with van der Waals surface area (Å²) in [7, 11) is -2.30. The van der Waals surface area contributed by atoms with Crippen molar-refractivity contribution in [3.8, 4) is 5.75 Å². The van der Waals surface area contributed by atoms with E-state index in [4.69, 9.17) is 4.74 Å². The largest absolute Gasteiger partial charge is 0.497 e. The Balaban J connectivity index is 1.76. The summed E-state index contributed by atoms with van der Waals surface area (Å²) in [4.78, 5) is 16.1. The number of rotatable bonds is 8. The number of H-pyrrole nitrogens is 1. The molecule has 4 aromatic rings. The van der Waals surface area contributed by atoms with Crippen molar-refractivity contribution < 1.29 is 13.2 Å². The summed E-state index contributed by atoms with van der Waals surface area (Å²) in [5.41, 5.74) is 4.16. The van der Waals surface area contributed by atoms with Crippen LogP contribution in [-0.2, 0) is 23.0 Å². The molecule has 0 amide bonds. The molecule has 1 aromatic heterocycles. The average Bonchev–Trinajstić information content (AvgIpc) is 2.81. The van der Waals surface area contributed by atoms with Gasteiger partial charge in [0.2, 0.25) is 10.0 Å². The van der Waals surface area contributed by atoms with Gasteiger partial charge in [0.15, 0.2) is 0 Å². The summed E-state index contributed by atoms with van der Waals surface area (Å²) in [6, 6.07) is 20.7. The second kappa shape index (κ2) is 10.1. The first-order valence-corrected chi connectivity index (χ1v) is 12.9. The van der Waals surface area contributed by atoms with Crippen molar-refractivity contribution >= 4 is 20.9 Å². The highest BCUT2D eigenvalue weighted by molar-refractivity contribution is 7.89. The number of hydrogen-bond acceptors (Lipinski definition) is 4. The van der Waals surface area contributed by atoms with Gasteiger partial charge in [-0.25, -0.2) is 8.42 Å². The third-order valence-corrected chi connectivity index (χ3v) is 8.32. The minimum absolute atomic E-state index is 0.0285. The maximum atomic E-state index is 14.0. The number of ether oxygens (including phenoxy) is 1. The van der Waals surface area contributed by atoms with Crippen molar-refractivity contribution in [2.24, 2.45) is 0 Å². The first-order chi connectivity index (χ1) is 16.7. The third-order valence-electron chi connectivity index (χ3n) is 6.17. The minimum atomic E-state index is -3.87. The summed E-state index contributed by atoms with van der Waals surface area (Å²) >= 11 is 0. The monoisotopic (exact) mass is 490 g/mol. The van der Waals surface area contributed by atoms with Crippen LogP contribution >= 0.6 is 0 Å². The van der Waals surface area contributed by atoms with Crippen LogP contribution in [0.1, 0.15) is 27.8 Å². The number of pyridine rings is 1. The predicted octanol–water partition coefficient (Wildman–Crippen LogP) is 4.90. The molecule has 0 unspecified atom stereocenters. The van der Waals surface area contributed by atoms with Crippen LogP contribution in [0.5, 0.6) is 5.75 Å². The smallest absolute Gasteiger partial charge is 0.252 e. The summed E-state index contributed by atoms with van der Waals surface area (Å²) in [6.45, 7) is 5.81. The Morgan fingerprint density at radius 1 is 0.914 bits per heavy atom. The molecule has 0 aliphatic heterocycles. The Hall–Kier alpha value is -3.42. The lowest BCUT2D eigenvalue weighted by atomic mass is 10.1. The van der Waals surface area contributed by atoms with Crippen LogP contribution in [0.3, 0.4) is 0 Å². The van der Waals surface area contributed by atoms with E-state index in [2.05, 4.69) is 4.98 Å². The zero-order chi connectivity index (χ0) is 25.2. The Kier molecular flexibility index (Phi) is 7.10. The Bertz CT molecular complexity index is 1500. The highest BCUT2D eigenvalue weighted by atomic mass is 32.2. The third kappa shape index (κ3) is 5.31. The van der Waals surface area contributed by atoms with Gasteiger partial charge in [0.05, 0.1) is 17.5 Å². The van der Waals surface area contributed by atoms with E-state index in [0.29, 0.717) is 39.3 Å². The first kappa shape index (κ1) is 24.7. The van der Waals surface area contributed by atoms with Crippen LogP contribution in [0.15, 0.2) is 76.4 Å². The molecule has 1 N–H and O–H groups in total. The molecule has 0 saturated carbocycles. The zero-order valence-electron chi connectivity index (χ0n) is 20.5. The molecule has 1 heterocycles. The van der Waals surface area contributed by atoms with E-state index in [0.717, 1.165) is 16.5 Å². The Morgan fingerprint density at radius 2 is 1.60 bits per heavy atom. The number of aryl methyl sites for hydroxylation is 3. The molecule has 0 saturated heterocycles. The molecular weight excluding hydrogens is 460 g/mol. The molecule has 0 radical (unpaired) electrons. The molecular formula is C28H30N2O4S. The van der Waals surface area contributed by atoms with Gasteiger partial charge in [-0.3, -0.25) is 4.79 Å². The standard InChI is InChI=1S/C28H30N2O4S/c1-19-14-20(2)27(21(3)15-19)35(32,33)30(13-12-22-8-6-5-7-9-22)18-24-16-23-10-11-25(34-4)17-26(23)29-28(24)31/h5-11,14-17H,12-13,18H2,1-4H3,(H,29,31). The lowest BCUT2D eigenvalue weighted by Gasteiger charge is -2.24. The molecule has 0 atom stereocenters. The topological polar surface area (TPSA) is 79.5 Å². The van der Waals surface area contributed by atoms with Gasteiger partial charge in [0.1, 0.15) is 5.75 Å². The molecule has 6 nitrogen and oxygen atoms in total. The molecule has 0 aliphatic rings. The SMILES string of the molecule is COc1ccc2cc(CN(CCc3ccccc3)S(=O)(=O)c3c(C)cc(C)cc3C)c(=O)[nH]c2c1. The van der Waals surface area contributed by atoms with Crippen molar-refractivity contribution in [2.75, 3.05) is 13.7 Å². The number of nitrogens with one attached hydrogen (secondary N) is 1. The molecule has 4 rings (SSSR count). The highest BCUT2D eigenvalue weighted by Gasteiger charge is 2.29. The van der Waals surface area contributed by atoms with E-state index in [1.54, 1.807) is 19.2 Å². The van der Waals surface area contributed by atoms with Crippen molar-refractivity contribution in [1.82, 2.24) is 9.29 Å². The molecule has 182 valence electrons. The summed E-state index contributed by atoms with van der Waals surface area (Å²) in [5, 5.41) is 0.809. The van der Waals surface area contributed by atoms with Gasteiger partial charge in [-0.2, -0.15) is 4.31 Å². The van der Waals surface area contributed by atoms with Gasteiger partial charge in [-0.05, 0) is 67.5 Å². The normalized spacial score (nSPS) is 11.8. The minimum Gasteiger partial charge on any atom is -0.497 e. The maximum Gasteiger partial charge on any atom is 0.252 e. The lowest BCUT2D eigenvalue weighted by molar-refractivity contribution is 0.407. The summed E-state index contributed by atoms with van der Waals surface area (Å²) < 4.78 is 34.6. The van der Waals surface area contributed by atoms with Crippen molar-refractivity contribution in [3.05, 3.63) is 105 Å².